The zero-order valence-electron chi connectivity index (χ0n) is 11.4. The van der Waals surface area contributed by atoms with Gasteiger partial charge in [-0.25, -0.2) is 8.78 Å². The highest BCUT2D eigenvalue weighted by atomic mass is 19.1. The maximum atomic E-state index is 13.7. The van der Waals surface area contributed by atoms with Crippen LogP contribution in [-0.4, -0.2) is 23.4 Å². The molecule has 1 aliphatic carbocycles. The van der Waals surface area contributed by atoms with Crippen molar-refractivity contribution in [3.05, 3.63) is 35.4 Å². The average molecular weight is 282 g/mol. The number of benzene rings is 1. The fraction of sp³-hybridized carbons (Fsp3) is 0.533. The summed E-state index contributed by atoms with van der Waals surface area (Å²) in [6.07, 6.45) is 3.94. The second-order valence-corrected chi connectivity index (χ2v) is 5.23. The summed E-state index contributed by atoms with van der Waals surface area (Å²) in [5.41, 5.74) is 5.78. The second-order valence-electron chi connectivity index (χ2n) is 5.23. The first-order chi connectivity index (χ1) is 9.61. The SMILES string of the molecule is NCCCCC(=O)N(Cc1ccc(F)cc1F)C1CC1. The van der Waals surface area contributed by atoms with Crippen LogP contribution < -0.4 is 5.73 Å². The number of rotatable bonds is 7. The number of hydrogen-bond acceptors (Lipinski definition) is 2. The van der Waals surface area contributed by atoms with Crippen LogP contribution in [-0.2, 0) is 11.3 Å². The van der Waals surface area contributed by atoms with Crippen LogP contribution in [0.3, 0.4) is 0 Å². The molecule has 20 heavy (non-hydrogen) atoms. The van der Waals surface area contributed by atoms with E-state index >= 15 is 0 Å². The van der Waals surface area contributed by atoms with Crippen molar-refractivity contribution >= 4 is 5.91 Å². The summed E-state index contributed by atoms with van der Waals surface area (Å²) in [5.74, 6) is -1.16. The Morgan fingerprint density at radius 3 is 2.65 bits per heavy atom. The van der Waals surface area contributed by atoms with Crippen LogP contribution in [0.2, 0.25) is 0 Å². The number of amides is 1. The van der Waals surface area contributed by atoms with Crippen LogP contribution in [0, 0.1) is 11.6 Å². The fourth-order valence-electron chi connectivity index (χ4n) is 2.20. The molecule has 1 aromatic rings. The Kier molecular flexibility index (Phi) is 5.06. The lowest BCUT2D eigenvalue weighted by Crippen LogP contribution is -2.32. The minimum atomic E-state index is -0.599. The van der Waals surface area contributed by atoms with Gasteiger partial charge in [-0.15, -0.1) is 0 Å². The summed E-state index contributed by atoms with van der Waals surface area (Å²) in [5, 5.41) is 0. The van der Waals surface area contributed by atoms with Crippen LogP contribution in [0.4, 0.5) is 8.78 Å². The second kappa shape index (κ2) is 6.79. The van der Waals surface area contributed by atoms with Gasteiger partial charge in [0.05, 0.1) is 0 Å². The molecule has 2 N–H and O–H groups in total. The summed E-state index contributed by atoms with van der Waals surface area (Å²) < 4.78 is 26.6. The van der Waals surface area contributed by atoms with Crippen molar-refractivity contribution in [3.63, 3.8) is 0 Å². The number of hydrogen-bond donors (Lipinski definition) is 1. The van der Waals surface area contributed by atoms with Gasteiger partial charge in [0.25, 0.3) is 0 Å². The Morgan fingerprint density at radius 2 is 2.05 bits per heavy atom. The summed E-state index contributed by atoms with van der Waals surface area (Å²) >= 11 is 0. The van der Waals surface area contributed by atoms with Crippen molar-refractivity contribution in [1.82, 2.24) is 4.90 Å². The highest BCUT2D eigenvalue weighted by Gasteiger charge is 2.32. The highest BCUT2D eigenvalue weighted by Crippen LogP contribution is 2.29. The van der Waals surface area contributed by atoms with Crippen LogP contribution in [0.5, 0.6) is 0 Å². The lowest BCUT2D eigenvalue weighted by Gasteiger charge is -2.23. The minimum absolute atomic E-state index is 0.0321. The number of unbranched alkanes of at least 4 members (excludes halogenated alkanes) is 1. The lowest BCUT2D eigenvalue weighted by molar-refractivity contribution is -0.132. The summed E-state index contributed by atoms with van der Waals surface area (Å²) in [6, 6.07) is 3.71. The van der Waals surface area contributed by atoms with E-state index < -0.39 is 11.6 Å². The number of nitrogens with zero attached hydrogens (tertiary/aromatic N) is 1. The van der Waals surface area contributed by atoms with Gasteiger partial charge in [-0.1, -0.05) is 6.07 Å². The first-order valence-electron chi connectivity index (χ1n) is 7.05. The van der Waals surface area contributed by atoms with E-state index in [0.29, 0.717) is 18.5 Å². The third kappa shape index (κ3) is 4.00. The summed E-state index contributed by atoms with van der Waals surface area (Å²) in [7, 11) is 0. The molecule has 2 rings (SSSR count). The molecule has 0 unspecified atom stereocenters. The van der Waals surface area contributed by atoms with E-state index in [1.807, 2.05) is 0 Å². The third-order valence-electron chi connectivity index (χ3n) is 3.51. The monoisotopic (exact) mass is 282 g/mol. The average Bonchev–Trinajstić information content (AvgIpc) is 3.22. The van der Waals surface area contributed by atoms with E-state index in [1.165, 1.54) is 12.1 Å². The molecule has 0 aliphatic heterocycles. The van der Waals surface area contributed by atoms with E-state index in [-0.39, 0.29) is 18.5 Å². The molecule has 0 atom stereocenters. The highest BCUT2D eigenvalue weighted by molar-refractivity contribution is 5.76. The Balaban J connectivity index is 2.00. The topological polar surface area (TPSA) is 46.3 Å². The van der Waals surface area contributed by atoms with E-state index in [2.05, 4.69) is 0 Å². The van der Waals surface area contributed by atoms with Crippen molar-refractivity contribution in [2.75, 3.05) is 6.54 Å². The van der Waals surface area contributed by atoms with Crippen molar-refractivity contribution in [2.45, 2.75) is 44.7 Å². The van der Waals surface area contributed by atoms with E-state index in [9.17, 15) is 13.6 Å². The maximum absolute atomic E-state index is 13.7. The van der Waals surface area contributed by atoms with Gasteiger partial charge in [-0.05, 0) is 38.3 Å². The lowest BCUT2D eigenvalue weighted by atomic mass is 10.1. The molecule has 0 aromatic heterocycles. The first-order valence-corrected chi connectivity index (χ1v) is 7.05. The van der Waals surface area contributed by atoms with E-state index in [0.717, 1.165) is 31.7 Å². The smallest absolute Gasteiger partial charge is 0.223 e. The van der Waals surface area contributed by atoms with Crippen LogP contribution in [0.25, 0.3) is 0 Å². The van der Waals surface area contributed by atoms with Gasteiger partial charge < -0.3 is 10.6 Å². The van der Waals surface area contributed by atoms with Gasteiger partial charge in [0.15, 0.2) is 0 Å². The van der Waals surface area contributed by atoms with Crippen molar-refractivity contribution in [3.8, 4) is 0 Å². The molecule has 0 radical (unpaired) electrons. The van der Waals surface area contributed by atoms with Crippen molar-refractivity contribution in [2.24, 2.45) is 5.73 Å². The van der Waals surface area contributed by atoms with Crippen LogP contribution in [0.15, 0.2) is 18.2 Å². The molecule has 1 aromatic carbocycles. The normalized spacial score (nSPS) is 14.3. The Labute approximate surface area is 117 Å². The van der Waals surface area contributed by atoms with Gasteiger partial charge >= 0.3 is 0 Å². The fourth-order valence-corrected chi connectivity index (χ4v) is 2.20. The molecule has 1 saturated carbocycles. The molecule has 3 nitrogen and oxygen atoms in total. The maximum Gasteiger partial charge on any atom is 0.223 e. The van der Waals surface area contributed by atoms with Crippen molar-refractivity contribution < 1.29 is 13.6 Å². The van der Waals surface area contributed by atoms with Crippen molar-refractivity contribution in [1.29, 1.82) is 0 Å². The van der Waals surface area contributed by atoms with Gasteiger partial charge in [0, 0.05) is 30.6 Å². The minimum Gasteiger partial charge on any atom is -0.335 e. The van der Waals surface area contributed by atoms with Gasteiger partial charge in [-0.2, -0.15) is 0 Å². The Bertz CT molecular complexity index is 475. The van der Waals surface area contributed by atoms with Gasteiger partial charge in [0.1, 0.15) is 11.6 Å². The van der Waals surface area contributed by atoms with E-state index in [1.54, 1.807) is 4.90 Å². The van der Waals surface area contributed by atoms with Crippen LogP contribution >= 0.6 is 0 Å². The number of halogens is 2. The standard InChI is InChI=1S/C15H20F2N2O/c16-12-5-4-11(14(17)9-12)10-19(13-6-7-13)15(20)3-1-2-8-18/h4-5,9,13H,1-3,6-8,10,18H2. The molecule has 0 heterocycles. The van der Waals surface area contributed by atoms with Gasteiger partial charge in [-0.3, -0.25) is 4.79 Å². The zero-order valence-corrected chi connectivity index (χ0v) is 11.4. The first kappa shape index (κ1) is 14.9. The quantitative estimate of drug-likeness (QED) is 0.781. The Morgan fingerprint density at radius 1 is 1.30 bits per heavy atom. The molecule has 1 aliphatic rings. The number of carbonyl (C=O) groups excluding carboxylic acids is 1. The molecule has 1 fully saturated rings. The molecule has 0 bridgehead atoms. The largest absolute Gasteiger partial charge is 0.335 e. The molecular formula is C15H20F2N2O. The molecule has 5 heteroatoms. The molecule has 1 amide bonds. The Hall–Kier alpha value is -1.49. The molecule has 0 spiro atoms. The van der Waals surface area contributed by atoms with Crippen LogP contribution in [0.1, 0.15) is 37.7 Å². The molecule has 0 saturated heterocycles. The predicted molar refractivity (Wildman–Crippen MR) is 72.8 cm³/mol. The van der Waals surface area contributed by atoms with Gasteiger partial charge in [0.2, 0.25) is 5.91 Å². The number of carbonyl (C=O) groups is 1. The summed E-state index contributed by atoms with van der Waals surface area (Å²) in [6.45, 7) is 0.793. The zero-order chi connectivity index (χ0) is 14.5. The molecular weight excluding hydrogens is 262 g/mol. The third-order valence-corrected chi connectivity index (χ3v) is 3.51. The molecule has 110 valence electrons. The summed E-state index contributed by atoms with van der Waals surface area (Å²) in [4.78, 5) is 13.9. The predicted octanol–water partition coefficient (Wildman–Crippen LogP) is 2.58. The van der Waals surface area contributed by atoms with E-state index in [4.69, 9.17) is 5.73 Å². The number of nitrogens with two attached hydrogens (primary N) is 1.